The number of ether oxygens (including phenoxy) is 1. The van der Waals surface area contributed by atoms with Crippen LogP contribution in [0.1, 0.15) is 29.6 Å². The van der Waals surface area contributed by atoms with E-state index in [1.807, 2.05) is 0 Å². The number of nitrogens with zero attached hydrogens (tertiary/aromatic N) is 1. The number of nitrogens with one attached hydrogen (secondary N) is 1. The summed E-state index contributed by atoms with van der Waals surface area (Å²) in [6.45, 7) is 1.39. The minimum Gasteiger partial charge on any atom is -0.376 e. The maximum atomic E-state index is 11.8. The third-order valence-electron chi connectivity index (χ3n) is 2.75. The van der Waals surface area contributed by atoms with Gasteiger partial charge in [0.1, 0.15) is 4.60 Å². The Hall–Kier alpha value is -0.940. The summed E-state index contributed by atoms with van der Waals surface area (Å²) in [4.78, 5) is 15.8. The molecule has 1 amide bonds. The first-order chi connectivity index (χ1) is 8.25. The first-order valence-corrected chi connectivity index (χ1v) is 6.56. The van der Waals surface area contributed by atoms with Gasteiger partial charge in [0.15, 0.2) is 0 Å². The van der Waals surface area contributed by atoms with Crippen LogP contribution in [0.3, 0.4) is 0 Å². The number of hydrogen-bond donors (Lipinski definition) is 1. The van der Waals surface area contributed by atoms with E-state index < -0.39 is 0 Å². The topological polar surface area (TPSA) is 51.2 Å². The van der Waals surface area contributed by atoms with Crippen molar-refractivity contribution in [1.29, 1.82) is 0 Å². The van der Waals surface area contributed by atoms with E-state index in [0.29, 0.717) is 16.7 Å². The highest BCUT2D eigenvalue weighted by Gasteiger charge is 2.15. The highest BCUT2D eigenvalue weighted by Crippen LogP contribution is 2.12. The van der Waals surface area contributed by atoms with Crippen molar-refractivity contribution < 1.29 is 9.53 Å². The number of carbonyl (C=O) groups excluding carboxylic acids is 1. The molecule has 1 aliphatic rings. The standard InChI is InChI=1S/C12H15BrN2O2/c13-11-7-9(4-5-14-11)12(16)15-8-10-3-1-2-6-17-10/h4-5,7,10H,1-3,6,8H2,(H,15,16). The molecule has 0 bridgehead atoms. The van der Waals surface area contributed by atoms with E-state index in [-0.39, 0.29) is 12.0 Å². The van der Waals surface area contributed by atoms with Crippen LogP contribution < -0.4 is 5.32 Å². The second-order valence-corrected chi connectivity index (χ2v) is 4.88. The minimum atomic E-state index is -0.0812. The number of amides is 1. The fraction of sp³-hybridized carbons (Fsp3) is 0.500. The van der Waals surface area contributed by atoms with Crippen LogP contribution in [0.4, 0.5) is 0 Å². The molecule has 1 aliphatic heterocycles. The lowest BCUT2D eigenvalue weighted by molar-refractivity contribution is 0.0169. The monoisotopic (exact) mass is 298 g/mol. The van der Waals surface area contributed by atoms with Gasteiger partial charge < -0.3 is 10.1 Å². The lowest BCUT2D eigenvalue weighted by Crippen LogP contribution is -2.35. The second-order valence-electron chi connectivity index (χ2n) is 4.07. The van der Waals surface area contributed by atoms with Crippen LogP contribution in [0.2, 0.25) is 0 Å². The SMILES string of the molecule is O=C(NCC1CCCCO1)c1ccnc(Br)c1. The average Bonchev–Trinajstić information content (AvgIpc) is 2.37. The van der Waals surface area contributed by atoms with Crippen molar-refractivity contribution in [3.8, 4) is 0 Å². The summed E-state index contributed by atoms with van der Waals surface area (Å²) >= 11 is 3.24. The molecule has 1 aromatic rings. The Kier molecular flexibility index (Phi) is 4.50. The van der Waals surface area contributed by atoms with Crippen LogP contribution in [0, 0.1) is 0 Å². The summed E-state index contributed by atoms with van der Waals surface area (Å²) in [6.07, 6.45) is 5.11. The van der Waals surface area contributed by atoms with E-state index in [9.17, 15) is 4.79 Å². The molecule has 17 heavy (non-hydrogen) atoms. The van der Waals surface area contributed by atoms with E-state index in [0.717, 1.165) is 19.4 Å². The Morgan fingerprint density at radius 1 is 1.59 bits per heavy atom. The van der Waals surface area contributed by atoms with Gasteiger partial charge in [-0.1, -0.05) is 0 Å². The Morgan fingerprint density at radius 3 is 3.18 bits per heavy atom. The van der Waals surface area contributed by atoms with Crippen LogP contribution >= 0.6 is 15.9 Å². The van der Waals surface area contributed by atoms with Gasteiger partial charge in [-0.25, -0.2) is 4.98 Å². The highest BCUT2D eigenvalue weighted by atomic mass is 79.9. The molecule has 1 N–H and O–H groups in total. The maximum absolute atomic E-state index is 11.8. The Morgan fingerprint density at radius 2 is 2.47 bits per heavy atom. The van der Waals surface area contributed by atoms with Gasteiger partial charge in [-0.05, 0) is 47.3 Å². The fourth-order valence-electron chi connectivity index (χ4n) is 1.82. The van der Waals surface area contributed by atoms with Crippen LogP contribution in [0.25, 0.3) is 0 Å². The van der Waals surface area contributed by atoms with Crippen molar-refractivity contribution in [1.82, 2.24) is 10.3 Å². The van der Waals surface area contributed by atoms with Crippen LogP contribution in [-0.2, 0) is 4.74 Å². The zero-order valence-electron chi connectivity index (χ0n) is 9.49. The minimum absolute atomic E-state index is 0.0812. The Balaban J connectivity index is 1.84. The number of halogens is 1. The van der Waals surface area contributed by atoms with Crippen LogP contribution in [0.5, 0.6) is 0 Å². The van der Waals surface area contributed by atoms with Gasteiger partial charge in [-0.2, -0.15) is 0 Å². The van der Waals surface area contributed by atoms with E-state index in [1.54, 1.807) is 18.3 Å². The quantitative estimate of drug-likeness (QED) is 0.870. The van der Waals surface area contributed by atoms with Gasteiger partial charge in [0, 0.05) is 24.9 Å². The van der Waals surface area contributed by atoms with Crippen molar-refractivity contribution >= 4 is 21.8 Å². The molecular formula is C12H15BrN2O2. The molecule has 0 spiro atoms. The van der Waals surface area contributed by atoms with E-state index in [1.165, 1.54) is 6.42 Å². The first-order valence-electron chi connectivity index (χ1n) is 5.77. The van der Waals surface area contributed by atoms with Crippen molar-refractivity contribution in [2.45, 2.75) is 25.4 Å². The molecule has 1 saturated heterocycles. The summed E-state index contributed by atoms with van der Waals surface area (Å²) in [5, 5.41) is 2.88. The van der Waals surface area contributed by atoms with Gasteiger partial charge in [-0.3, -0.25) is 4.79 Å². The zero-order valence-corrected chi connectivity index (χ0v) is 11.1. The van der Waals surface area contributed by atoms with Crippen LogP contribution in [-0.4, -0.2) is 30.1 Å². The third kappa shape index (κ3) is 3.78. The lowest BCUT2D eigenvalue weighted by atomic mass is 10.1. The lowest BCUT2D eigenvalue weighted by Gasteiger charge is -2.22. The molecule has 0 saturated carbocycles. The van der Waals surface area contributed by atoms with E-state index in [2.05, 4.69) is 26.2 Å². The zero-order chi connectivity index (χ0) is 12.1. The van der Waals surface area contributed by atoms with E-state index in [4.69, 9.17) is 4.74 Å². The average molecular weight is 299 g/mol. The second kappa shape index (κ2) is 6.12. The van der Waals surface area contributed by atoms with Crippen molar-refractivity contribution in [2.75, 3.05) is 13.2 Å². The largest absolute Gasteiger partial charge is 0.376 e. The highest BCUT2D eigenvalue weighted by molar-refractivity contribution is 9.10. The predicted molar refractivity (Wildman–Crippen MR) is 67.9 cm³/mol. The number of pyridine rings is 1. The first kappa shape index (κ1) is 12.5. The molecule has 0 radical (unpaired) electrons. The maximum Gasteiger partial charge on any atom is 0.251 e. The van der Waals surface area contributed by atoms with Gasteiger partial charge in [0.25, 0.3) is 5.91 Å². The van der Waals surface area contributed by atoms with E-state index >= 15 is 0 Å². The summed E-state index contributed by atoms with van der Waals surface area (Å²) in [5.41, 5.74) is 0.614. The molecule has 1 unspecified atom stereocenters. The molecule has 5 heteroatoms. The number of aromatic nitrogens is 1. The van der Waals surface area contributed by atoms with Crippen molar-refractivity contribution in [2.24, 2.45) is 0 Å². The molecule has 92 valence electrons. The molecule has 4 nitrogen and oxygen atoms in total. The number of hydrogen-bond acceptors (Lipinski definition) is 3. The third-order valence-corrected chi connectivity index (χ3v) is 3.19. The van der Waals surface area contributed by atoms with Gasteiger partial charge in [-0.15, -0.1) is 0 Å². The Bertz CT molecular complexity index is 392. The summed E-state index contributed by atoms with van der Waals surface area (Å²) in [6, 6.07) is 3.40. The molecule has 1 fully saturated rings. The normalized spacial score (nSPS) is 19.9. The van der Waals surface area contributed by atoms with Crippen molar-refractivity contribution in [3.63, 3.8) is 0 Å². The smallest absolute Gasteiger partial charge is 0.251 e. The number of rotatable bonds is 3. The summed E-state index contributed by atoms with van der Waals surface area (Å²) < 4.78 is 6.22. The van der Waals surface area contributed by atoms with Gasteiger partial charge in [0.2, 0.25) is 0 Å². The molecule has 2 rings (SSSR count). The molecule has 1 aromatic heterocycles. The predicted octanol–water partition coefficient (Wildman–Crippen LogP) is 2.14. The molecule has 0 aliphatic carbocycles. The molecule has 2 heterocycles. The molecular weight excluding hydrogens is 284 g/mol. The van der Waals surface area contributed by atoms with Gasteiger partial charge in [0.05, 0.1) is 6.10 Å². The van der Waals surface area contributed by atoms with Crippen molar-refractivity contribution in [3.05, 3.63) is 28.5 Å². The molecule has 1 atom stereocenters. The Labute approximate surface area is 109 Å². The molecule has 0 aromatic carbocycles. The summed E-state index contributed by atoms with van der Waals surface area (Å²) in [5.74, 6) is -0.0812. The van der Waals surface area contributed by atoms with Gasteiger partial charge >= 0.3 is 0 Å². The number of carbonyl (C=O) groups is 1. The summed E-state index contributed by atoms with van der Waals surface area (Å²) in [7, 11) is 0. The van der Waals surface area contributed by atoms with Crippen LogP contribution in [0.15, 0.2) is 22.9 Å². The fourth-order valence-corrected chi connectivity index (χ4v) is 2.19.